The van der Waals surface area contributed by atoms with Crippen molar-refractivity contribution in [2.24, 2.45) is 0 Å². The molecular weight excluding hydrogens is 324 g/mol. The zero-order valence-corrected chi connectivity index (χ0v) is 13.8. The quantitative estimate of drug-likeness (QED) is 0.597. The molecule has 0 aliphatic carbocycles. The van der Waals surface area contributed by atoms with Crippen molar-refractivity contribution in [1.29, 1.82) is 0 Å². The van der Waals surface area contributed by atoms with Crippen molar-refractivity contribution in [3.05, 3.63) is 84.0 Å². The third-order valence-electron chi connectivity index (χ3n) is 3.46. The Morgan fingerprint density at radius 3 is 2.60 bits per heavy atom. The number of hydrogen-bond acceptors (Lipinski definition) is 2. The number of amides is 1. The lowest BCUT2D eigenvalue weighted by Crippen LogP contribution is -2.25. The van der Waals surface area contributed by atoms with Crippen molar-refractivity contribution < 1.29 is 18.3 Å². The molecule has 2 aromatic rings. The Kier molecular flexibility index (Phi) is 6.46. The van der Waals surface area contributed by atoms with Gasteiger partial charge in [0.25, 0.3) is 0 Å². The first-order valence-corrected chi connectivity index (χ1v) is 7.77. The smallest absolute Gasteiger partial charge is 0.244 e. The van der Waals surface area contributed by atoms with Crippen molar-refractivity contribution in [2.75, 3.05) is 6.61 Å². The first-order chi connectivity index (χ1) is 12.0. The maximum atomic E-state index is 13.7. The Labute approximate surface area is 145 Å². The van der Waals surface area contributed by atoms with E-state index in [0.29, 0.717) is 12.4 Å². The zero-order chi connectivity index (χ0) is 18.2. The molecule has 1 amide bonds. The highest BCUT2D eigenvalue weighted by Crippen LogP contribution is 2.18. The molecule has 25 heavy (non-hydrogen) atoms. The van der Waals surface area contributed by atoms with E-state index in [1.165, 1.54) is 12.1 Å². The normalized spacial score (nSPS) is 12.0. The molecule has 0 radical (unpaired) electrons. The SMILES string of the molecule is C=CCOc1ccc(/C=C/C(=O)N[C@H](C)c2ccc(F)cc2F)cc1. The van der Waals surface area contributed by atoms with Gasteiger partial charge in [0.1, 0.15) is 24.0 Å². The van der Waals surface area contributed by atoms with Crippen molar-refractivity contribution in [1.82, 2.24) is 5.32 Å². The van der Waals surface area contributed by atoms with Gasteiger partial charge in [0.05, 0.1) is 6.04 Å². The van der Waals surface area contributed by atoms with E-state index in [0.717, 1.165) is 17.7 Å². The average Bonchev–Trinajstić information content (AvgIpc) is 2.59. The fourth-order valence-electron chi connectivity index (χ4n) is 2.19. The molecule has 2 rings (SSSR count). The number of carbonyl (C=O) groups is 1. The van der Waals surface area contributed by atoms with E-state index >= 15 is 0 Å². The summed E-state index contributed by atoms with van der Waals surface area (Å²) < 4.78 is 32.0. The summed E-state index contributed by atoms with van der Waals surface area (Å²) in [6, 6.07) is 9.90. The summed E-state index contributed by atoms with van der Waals surface area (Å²) in [5, 5.41) is 2.64. The monoisotopic (exact) mass is 343 g/mol. The van der Waals surface area contributed by atoms with Crippen molar-refractivity contribution >= 4 is 12.0 Å². The summed E-state index contributed by atoms with van der Waals surface area (Å²) >= 11 is 0. The third-order valence-corrected chi connectivity index (χ3v) is 3.46. The fourth-order valence-corrected chi connectivity index (χ4v) is 2.19. The molecule has 0 bridgehead atoms. The van der Waals surface area contributed by atoms with Crippen LogP contribution in [0.5, 0.6) is 5.75 Å². The summed E-state index contributed by atoms with van der Waals surface area (Å²) in [6.45, 7) is 5.63. The number of rotatable bonds is 7. The Hall–Kier alpha value is -2.95. The molecule has 0 saturated heterocycles. The fraction of sp³-hybridized carbons (Fsp3) is 0.150. The largest absolute Gasteiger partial charge is 0.490 e. The second kappa shape index (κ2) is 8.78. The molecular formula is C20H19F2NO2. The van der Waals surface area contributed by atoms with Gasteiger partial charge in [-0.2, -0.15) is 0 Å². The molecule has 5 heteroatoms. The van der Waals surface area contributed by atoms with Crippen molar-refractivity contribution in [2.45, 2.75) is 13.0 Å². The van der Waals surface area contributed by atoms with Gasteiger partial charge in [-0.3, -0.25) is 4.79 Å². The number of nitrogens with one attached hydrogen (secondary N) is 1. The van der Waals surface area contributed by atoms with E-state index < -0.39 is 17.7 Å². The molecule has 0 unspecified atom stereocenters. The lowest BCUT2D eigenvalue weighted by molar-refractivity contribution is -0.117. The van der Waals surface area contributed by atoms with Crippen LogP contribution in [0.4, 0.5) is 8.78 Å². The predicted octanol–water partition coefficient (Wildman–Crippen LogP) is 4.42. The molecule has 1 N–H and O–H groups in total. The summed E-state index contributed by atoms with van der Waals surface area (Å²) in [4.78, 5) is 12.0. The lowest BCUT2D eigenvalue weighted by atomic mass is 10.1. The molecule has 0 heterocycles. The molecule has 3 nitrogen and oxygen atoms in total. The van der Waals surface area contributed by atoms with Gasteiger partial charge in [0.2, 0.25) is 5.91 Å². The number of halogens is 2. The molecule has 1 atom stereocenters. The molecule has 0 spiro atoms. The summed E-state index contributed by atoms with van der Waals surface area (Å²) in [7, 11) is 0. The second-order valence-corrected chi connectivity index (χ2v) is 5.40. The van der Waals surface area contributed by atoms with E-state index in [9.17, 15) is 13.6 Å². The van der Waals surface area contributed by atoms with Crippen LogP contribution in [0.15, 0.2) is 61.2 Å². The van der Waals surface area contributed by atoms with Gasteiger partial charge in [-0.1, -0.05) is 30.9 Å². The number of carbonyl (C=O) groups excluding carboxylic acids is 1. The highest BCUT2D eigenvalue weighted by molar-refractivity contribution is 5.92. The summed E-state index contributed by atoms with van der Waals surface area (Å²) in [5.41, 5.74) is 1.05. The maximum absolute atomic E-state index is 13.7. The van der Waals surface area contributed by atoms with Crippen LogP contribution < -0.4 is 10.1 Å². The third kappa shape index (κ3) is 5.57. The van der Waals surface area contributed by atoms with Gasteiger partial charge in [-0.25, -0.2) is 8.78 Å². The topological polar surface area (TPSA) is 38.3 Å². The average molecular weight is 343 g/mol. The maximum Gasteiger partial charge on any atom is 0.244 e. The van der Waals surface area contributed by atoms with E-state index in [1.54, 1.807) is 31.2 Å². The first kappa shape index (κ1) is 18.4. The van der Waals surface area contributed by atoms with Crippen LogP contribution >= 0.6 is 0 Å². The van der Waals surface area contributed by atoms with Gasteiger partial charge in [0.15, 0.2) is 0 Å². The van der Waals surface area contributed by atoms with Crippen LogP contribution in [0.25, 0.3) is 6.08 Å². The first-order valence-electron chi connectivity index (χ1n) is 7.77. The van der Waals surface area contributed by atoms with Crippen LogP contribution in [0, 0.1) is 11.6 Å². The van der Waals surface area contributed by atoms with E-state index in [1.807, 2.05) is 12.1 Å². The van der Waals surface area contributed by atoms with Gasteiger partial charge in [-0.15, -0.1) is 0 Å². The molecule has 130 valence electrons. The number of benzene rings is 2. The highest BCUT2D eigenvalue weighted by atomic mass is 19.1. The Balaban J connectivity index is 1.94. The van der Waals surface area contributed by atoms with E-state index in [4.69, 9.17) is 4.74 Å². The van der Waals surface area contributed by atoms with Crippen molar-refractivity contribution in [3.8, 4) is 5.75 Å². The molecule has 0 aliphatic rings. The van der Waals surface area contributed by atoms with E-state index in [2.05, 4.69) is 11.9 Å². The number of hydrogen-bond donors (Lipinski definition) is 1. The molecule has 0 aromatic heterocycles. The molecule has 0 fully saturated rings. The minimum atomic E-state index is -0.688. The highest BCUT2D eigenvalue weighted by Gasteiger charge is 2.12. The molecule has 2 aromatic carbocycles. The van der Waals surface area contributed by atoms with Crippen LogP contribution in [-0.2, 0) is 4.79 Å². The van der Waals surface area contributed by atoms with E-state index in [-0.39, 0.29) is 11.5 Å². The zero-order valence-electron chi connectivity index (χ0n) is 13.8. The van der Waals surface area contributed by atoms with Gasteiger partial charge >= 0.3 is 0 Å². The van der Waals surface area contributed by atoms with Crippen LogP contribution in [-0.4, -0.2) is 12.5 Å². The van der Waals surface area contributed by atoms with Gasteiger partial charge < -0.3 is 10.1 Å². The predicted molar refractivity (Wildman–Crippen MR) is 94.1 cm³/mol. The summed E-state index contributed by atoms with van der Waals surface area (Å²) in [6.07, 6.45) is 4.65. The summed E-state index contributed by atoms with van der Waals surface area (Å²) in [5.74, 6) is -1.00. The van der Waals surface area contributed by atoms with Gasteiger partial charge in [-0.05, 0) is 36.8 Å². The Morgan fingerprint density at radius 1 is 1.24 bits per heavy atom. The molecule has 0 saturated carbocycles. The molecule has 0 aliphatic heterocycles. The standard InChI is InChI=1S/C20H19F2NO2/c1-3-12-25-17-8-4-15(5-9-17)6-11-20(24)23-14(2)18-10-7-16(21)13-19(18)22/h3-11,13-14H,1,12H2,2H3,(H,23,24)/b11-6+/t14-/m1/s1. The second-order valence-electron chi connectivity index (χ2n) is 5.40. The lowest BCUT2D eigenvalue weighted by Gasteiger charge is -2.13. The minimum absolute atomic E-state index is 0.229. The minimum Gasteiger partial charge on any atom is -0.490 e. The van der Waals surface area contributed by atoms with Crippen LogP contribution in [0.3, 0.4) is 0 Å². The van der Waals surface area contributed by atoms with Crippen LogP contribution in [0.1, 0.15) is 24.1 Å². The van der Waals surface area contributed by atoms with Gasteiger partial charge in [0, 0.05) is 17.7 Å². The number of ether oxygens (including phenoxy) is 1. The van der Waals surface area contributed by atoms with Crippen LogP contribution in [0.2, 0.25) is 0 Å². The van der Waals surface area contributed by atoms with Crippen molar-refractivity contribution in [3.63, 3.8) is 0 Å². The Bertz CT molecular complexity index is 770. The Morgan fingerprint density at radius 2 is 1.96 bits per heavy atom.